The van der Waals surface area contributed by atoms with Crippen molar-refractivity contribution in [1.82, 2.24) is 0 Å². The molecule has 3 heteroatoms. The van der Waals surface area contributed by atoms with Crippen molar-refractivity contribution < 1.29 is 14.2 Å². The van der Waals surface area contributed by atoms with Crippen LogP contribution in [0.25, 0.3) is 0 Å². The van der Waals surface area contributed by atoms with Gasteiger partial charge in [-0.05, 0) is 34.1 Å². The Hall–Kier alpha value is -0.380. The van der Waals surface area contributed by atoms with Gasteiger partial charge in [0, 0.05) is 13.0 Å². The van der Waals surface area contributed by atoms with E-state index in [-0.39, 0.29) is 17.8 Å². The average molecular weight is 258 g/mol. The Kier molecular flexibility index (Phi) is 9.34. The van der Waals surface area contributed by atoms with Crippen LogP contribution < -0.4 is 0 Å². The fraction of sp³-hybridized carbons (Fsp3) is 0.867. The summed E-state index contributed by atoms with van der Waals surface area (Å²) >= 11 is 0. The van der Waals surface area contributed by atoms with E-state index in [1.54, 1.807) is 6.08 Å². The molecule has 0 aromatic rings. The molecule has 0 spiro atoms. The first-order valence-electron chi connectivity index (χ1n) is 6.89. The summed E-state index contributed by atoms with van der Waals surface area (Å²) in [7, 11) is 0. The van der Waals surface area contributed by atoms with Crippen molar-refractivity contribution in [3.05, 3.63) is 12.7 Å². The van der Waals surface area contributed by atoms with Crippen molar-refractivity contribution in [2.45, 2.75) is 65.3 Å². The predicted molar refractivity (Wildman–Crippen MR) is 76.0 cm³/mol. The molecular formula is C15H30O3. The number of hydrogen-bond acceptors (Lipinski definition) is 3. The predicted octanol–water partition coefficient (Wildman–Crippen LogP) is 3.58. The van der Waals surface area contributed by atoms with Crippen LogP contribution in [0.1, 0.15) is 47.5 Å². The van der Waals surface area contributed by atoms with Crippen LogP contribution in [0.3, 0.4) is 0 Å². The quantitative estimate of drug-likeness (QED) is 0.419. The van der Waals surface area contributed by atoms with Crippen LogP contribution in [0.2, 0.25) is 0 Å². The summed E-state index contributed by atoms with van der Waals surface area (Å²) in [6.07, 6.45) is 3.89. The largest absolute Gasteiger partial charge is 0.375 e. The minimum atomic E-state index is -0.174. The highest BCUT2D eigenvalue weighted by Crippen LogP contribution is 2.20. The lowest BCUT2D eigenvalue weighted by Gasteiger charge is -2.31. The van der Waals surface area contributed by atoms with Crippen LogP contribution in [0.5, 0.6) is 0 Å². The maximum Gasteiger partial charge on any atom is 0.0839 e. The molecule has 0 rings (SSSR count). The van der Waals surface area contributed by atoms with Crippen molar-refractivity contribution in [3.8, 4) is 0 Å². The first-order valence-corrected chi connectivity index (χ1v) is 6.89. The molecule has 1 unspecified atom stereocenters. The fourth-order valence-electron chi connectivity index (χ4n) is 1.80. The van der Waals surface area contributed by atoms with Crippen LogP contribution in [0, 0.1) is 0 Å². The van der Waals surface area contributed by atoms with E-state index in [1.165, 1.54) is 0 Å². The summed E-state index contributed by atoms with van der Waals surface area (Å²) < 4.78 is 17.2. The van der Waals surface area contributed by atoms with Gasteiger partial charge in [-0.2, -0.15) is 0 Å². The Morgan fingerprint density at radius 3 is 2.44 bits per heavy atom. The van der Waals surface area contributed by atoms with E-state index in [1.807, 2.05) is 13.8 Å². The van der Waals surface area contributed by atoms with Crippen molar-refractivity contribution in [2.24, 2.45) is 0 Å². The van der Waals surface area contributed by atoms with E-state index in [9.17, 15) is 0 Å². The molecule has 0 aromatic heterocycles. The molecule has 0 saturated heterocycles. The lowest BCUT2D eigenvalue weighted by Crippen LogP contribution is -2.35. The maximum absolute atomic E-state index is 5.87. The topological polar surface area (TPSA) is 27.7 Å². The lowest BCUT2D eigenvalue weighted by molar-refractivity contribution is -0.0985. The summed E-state index contributed by atoms with van der Waals surface area (Å²) in [4.78, 5) is 0. The Balaban J connectivity index is 4.22. The molecule has 18 heavy (non-hydrogen) atoms. The van der Waals surface area contributed by atoms with Crippen molar-refractivity contribution in [2.75, 3.05) is 19.8 Å². The molecule has 0 saturated carbocycles. The summed E-state index contributed by atoms with van der Waals surface area (Å²) in [6.45, 7) is 16.0. The molecule has 3 nitrogen and oxygen atoms in total. The van der Waals surface area contributed by atoms with Gasteiger partial charge in [0.1, 0.15) is 0 Å². The first-order chi connectivity index (χ1) is 8.41. The molecule has 0 aliphatic heterocycles. The molecular weight excluding hydrogens is 228 g/mol. The highest BCUT2D eigenvalue weighted by molar-refractivity contribution is 4.76. The molecule has 0 bridgehead atoms. The molecule has 0 aliphatic carbocycles. The summed E-state index contributed by atoms with van der Waals surface area (Å²) in [5.74, 6) is 0. The summed E-state index contributed by atoms with van der Waals surface area (Å²) in [5, 5.41) is 0. The highest BCUT2D eigenvalue weighted by Gasteiger charge is 2.25. The number of ether oxygens (including phenoxy) is 3. The van der Waals surface area contributed by atoms with Gasteiger partial charge in [-0.1, -0.05) is 13.0 Å². The van der Waals surface area contributed by atoms with E-state index in [2.05, 4.69) is 27.4 Å². The van der Waals surface area contributed by atoms with Crippen molar-refractivity contribution in [3.63, 3.8) is 0 Å². The van der Waals surface area contributed by atoms with Crippen LogP contribution in [0.4, 0.5) is 0 Å². The third-order valence-corrected chi connectivity index (χ3v) is 2.42. The van der Waals surface area contributed by atoms with Crippen LogP contribution >= 0.6 is 0 Å². The second-order valence-electron chi connectivity index (χ2n) is 5.45. The zero-order chi connectivity index (χ0) is 14.0. The van der Waals surface area contributed by atoms with E-state index in [0.717, 1.165) is 19.4 Å². The molecule has 0 radical (unpaired) electrons. The minimum Gasteiger partial charge on any atom is -0.375 e. The van der Waals surface area contributed by atoms with Crippen molar-refractivity contribution in [1.29, 1.82) is 0 Å². The van der Waals surface area contributed by atoms with E-state index < -0.39 is 0 Å². The van der Waals surface area contributed by atoms with Gasteiger partial charge < -0.3 is 14.2 Å². The molecule has 0 N–H and O–H groups in total. The smallest absolute Gasteiger partial charge is 0.0839 e. The fourth-order valence-corrected chi connectivity index (χ4v) is 1.80. The third kappa shape index (κ3) is 9.63. The van der Waals surface area contributed by atoms with E-state index in [4.69, 9.17) is 14.2 Å². The monoisotopic (exact) mass is 258 g/mol. The maximum atomic E-state index is 5.87. The SMILES string of the molecule is C=CCOCC(CC(C)(C)OCCC)OC(C)C. The van der Waals surface area contributed by atoms with Crippen LogP contribution in [-0.2, 0) is 14.2 Å². The molecule has 1 atom stereocenters. The Bertz CT molecular complexity index is 212. The zero-order valence-corrected chi connectivity index (χ0v) is 12.7. The summed E-state index contributed by atoms with van der Waals surface area (Å²) in [5.41, 5.74) is -0.174. The second-order valence-corrected chi connectivity index (χ2v) is 5.45. The van der Waals surface area contributed by atoms with Gasteiger partial charge in [0.15, 0.2) is 0 Å². The molecule has 0 heterocycles. The van der Waals surface area contributed by atoms with Crippen molar-refractivity contribution >= 4 is 0 Å². The van der Waals surface area contributed by atoms with Crippen LogP contribution in [-0.4, -0.2) is 37.6 Å². The van der Waals surface area contributed by atoms with Gasteiger partial charge in [0.25, 0.3) is 0 Å². The molecule has 108 valence electrons. The van der Waals surface area contributed by atoms with Crippen LogP contribution in [0.15, 0.2) is 12.7 Å². The van der Waals surface area contributed by atoms with Gasteiger partial charge in [0.05, 0.1) is 31.0 Å². The number of rotatable bonds is 11. The molecule has 0 amide bonds. The molecule has 0 fully saturated rings. The van der Waals surface area contributed by atoms with Gasteiger partial charge in [-0.3, -0.25) is 0 Å². The minimum absolute atomic E-state index is 0.0665. The summed E-state index contributed by atoms with van der Waals surface area (Å²) in [6, 6.07) is 0. The normalized spacial score (nSPS) is 13.9. The zero-order valence-electron chi connectivity index (χ0n) is 12.7. The van der Waals surface area contributed by atoms with E-state index in [0.29, 0.717) is 13.2 Å². The highest BCUT2D eigenvalue weighted by atomic mass is 16.5. The van der Waals surface area contributed by atoms with Gasteiger partial charge in [-0.15, -0.1) is 6.58 Å². The Morgan fingerprint density at radius 2 is 1.94 bits per heavy atom. The average Bonchev–Trinajstić information content (AvgIpc) is 2.25. The number of hydrogen-bond donors (Lipinski definition) is 0. The van der Waals surface area contributed by atoms with E-state index >= 15 is 0 Å². The standard InChI is InChI=1S/C15H30O3/c1-7-9-16-12-14(18-13(3)4)11-15(5,6)17-10-8-2/h7,13-14H,1,8-12H2,2-6H3. The molecule has 0 aromatic carbocycles. The second kappa shape index (κ2) is 9.54. The first kappa shape index (κ1) is 17.6. The van der Waals surface area contributed by atoms with Gasteiger partial charge in [0.2, 0.25) is 0 Å². The van der Waals surface area contributed by atoms with Gasteiger partial charge >= 0.3 is 0 Å². The Morgan fingerprint density at radius 1 is 1.28 bits per heavy atom. The molecule has 0 aliphatic rings. The lowest BCUT2D eigenvalue weighted by atomic mass is 10.0. The van der Waals surface area contributed by atoms with Gasteiger partial charge in [-0.25, -0.2) is 0 Å². The third-order valence-electron chi connectivity index (χ3n) is 2.42. The Labute approximate surface area is 112 Å².